The molecule has 1 aliphatic rings. The summed E-state index contributed by atoms with van der Waals surface area (Å²) in [5.74, 6) is -0.639. The van der Waals surface area contributed by atoms with E-state index in [9.17, 15) is 17.6 Å². The molecule has 1 N–H and O–H groups in total. The highest BCUT2D eigenvalue weighted by Gasteiger charge is 2.32. The predicted octanol–water partition coefficient (Wildman–Crippen LogP) is 4.57. The SMILES string of the molecule is COc1c(F)cccc1[C@H](c1ccc(OC(F)(F)F)cc1)N1CCNCC1.Cl.Cl. The first-order valence-electron chi connectivity index (χ1n) is 8.52. The quantitative estimate of drug-likeness (QED) is 0.668. The fraction of sp³-hybridized carbons (Fsp3) is 0.368. The Bertz CT molecular complexity index is 770. The molecule has 4 nitrogen and oxygen atoms in total. The van der Waals surface area contributed by atoms with Crippen LogP contribution < -0.4 is 14.8 Å². The molecule has 0 amide bonds. The Morgan fingerprint density at radius 3 is 2.17 bits per heavy atom. The Morgan fingerprint density at radius 1 is 1.00 bits per heavy atom. The summed E-state index contributed by atoms with van der Waals surface area (Å²) in [6.45, 7) is 2.96. The van der Waals surface area contributed by atoms with Crippen molar-refractivity contribution in [2.75, 3.05) is 33.3 Å². The van der Waals surface area contributed by atoms with E-state index in [0.29, 0.717) is 18.7 Å². The van der Waals surface area contributed by atoms with Crippen molar-refractivity contribution < 1.29 is 27.0 Å². The van der Waals surface area contributed by atoms with Crippen LogP contribution in [0, 0.1) is 5.82 Å². The summed E-state index contributed by atoms with van der Waals surface area (Å²) in [5, 5.41) is 3.26. The van der Waals surface area contributed by atoms with Gasteiger partial charge >= 0.3 is 6.36 Å². The molecule has 2 aromatic rings. The topological polar surface area (TPSA) is 33.7 Å². The largest absolute Gasteiger partial charge is 0.573 e. The summed E-state index contributed by atoms with van der Waals surface area (Å²) in [6, 6.07) is 10.0. The molecule has 0 aliphatic carbocycles. The number of nitrogens with zero attached hydrogens (tertiary/aromatic N) is 1. The maximum Gasteiger partial charge on any atom is 0.573 e. The minimum absolute atomic E-state index is 0. The van der Waals surface area contributed by atoms with Crippen LogP contribution in [0.5, 0.6) is 11.5 Å². The molecule has 0 aromatic heterocycles. The highest BCUT2D eigenvalue weighted by molar-refractivity contribution is 5.85. The van der Waals surface area contributed by atoms with E-state index in [2.05, 4.69) is 15.0 Å². The van der Waals surface area contributed by atoms with Gasteiger partial charge in [-0.15, -0.1) is 38.0 Å². The summed E-state index contributed by atoms with van der Waals surface area (Å²) in [6.07, 6.45) is -4.74. The molecular weight excluding hydrogens is 435 g/mol. The number of para-hydroxylation sites is 1. The summed E-state index contributed by atoms with van der Waals surface area (Å²) < 4.78 is 60.7. The molecule has 0 bridgehead atoms. The van der Waals surface area contributed by atoms with Gasteiger partial charge in [0.15, 0.2) is 11.6 Å². The Morgan fingerprint density at radius 2 is 1.62 bits per heavy atom. The van der Waals surface area contributed by atoms with Crippen molar-refractivity contribution in [2.24, 2.45) is 0 Å². The second-order valence-electron chi connectivity index (χ2n) is 6.17. The van der Waals surface area contributed by atoms with Crippen molar-refractivity contribution >= 4 is 24.8 Å². The lowest BCUT2D eigenvalue weighted by atomic mass is 9.95. The van der Waals surface area contributed by atoms with E-state index < -0.39 is 12.2 Å². The number of benzene rings is 2. The lowest BCUT2D eigenvalue weighted by molar-refractivity contribution is -0.274. The Balaban J connectivity index is 0.00000210. The van der Waals surface area contributed by atoms with Gasteiger partial charge < -0.3 is 14.8 Å². The average Bonchev–Trinajstić information content (AvgIpc) is 2.63. The van der Waals surface area contributed by atoms with E-state index in [0.717, 1.165) is 18.7 Å². The summed E-state index contributed by atoms with van der Waals surface area (Å²) >= 11 is 0. The first-order valence-corrected chi connectivity index (χ1v) is 8.52. The minimum atomic E-state index is -4.74. The van der Waals surface area contributed by atoms with Gasteiger partial charge in [-0.2, -0.15) is 0 Å². The van der Waals surface area contributed by atoms with Crippen LogP contribution in [0.2, 0.25) is 0 Å². The Kier molecular flexibility index (Phi) is 9.48. The number of hydrogen-bond acceptors (Lipinski definition) is 4. The van der Waals surface area contributed by atoms with Gasteiger partial charge in [-0.3, -0.25) is 4.90 Å². The van der Waals surface area contributed by atoms with Crippen molar-refractivity contribution in [1.29, 1.82) is 0 Å². The van der Waals surface area contributed by atoms with Crippen LogP contribution in [0.25, 0.3) is 0 Å². The summed E-state index contributed by atoms with van der Waals surface area (Å²) in [7, 11) is 1.40. The van der Waals surface area contributed by atoms with Crippen LogP contribution in [0.15, 0.2) is 42.5 Å². The smallest absolute Gasteiger partial charge is 0.493 e. The zero-order valence-corrected chi connectivity index (χ0v) is 17.2. The Labute approximate surface area is 179 Å². The highest BCUT2D eigenvalue weighted by atomic mass is 35.5. The molecule has 0 unspecified atom stereocenters. The molecule has 162 valence electrons. The zero-order chi connectivity index (χ0) is 19.4. The normalized spacial score (nSPS) is 15.6. The number of ether oxygens (including phenoxy) is 2. The lowest BCUT2D eigenvalue weighted by Gasteiger charge is -2.36. The van der Waals surface area contributed by atoms with Crippen LogP contribution >= 0.6 is 24.8 Å². The fourth-order valence-corrected chi connectivity index (χ4v) is 3.34. The lowest BCUT2D eigenvalue weighted by Crippen LogP contribution is -2.45. The zero-order valence-electron chi connectivity index (χ0n) is 15.5. The molecule has 3 rings (SSSR count). The van der Waals surface area contributed by atoms with Gasteiger partial charge in [0, 0.05) is 31.7 Å². The van der Waals surface area contributed by atoms with E-state index in [1.165, 1.54) is 25.3 Å². The van der Waals surface area contributed by atoms with Crippen molar-refractivity contribution in [3.05, 3.63) is 59.4 Å². The fourth-order valence-electron chi connectivity index (χ4n) is 3.34. The number of piperazine rings is 1. The maximum absolute atomic E-state index is 14.2. The van der Waals surface area contributed by atoms with E-state index in [-0.39, 0.29) is 42.4 Å². The monoisotopic (exact) mass is 456 g/mol. The number of halogens is 6. The molecule has 1 atom stereocenters. The van der Waals surface area contributed by atoms with Gasteiger partial charge in [0.1, 0.15) is 5.75 Å². The van der Waals surface area contributed by atoms with Crippen LogP contribution in [0.4, 0.5) is 17.6 Å². The predicted molar refractivity (Wildman–Crippen MR) is 107 cm³/mol. The average molecular weight is 457 g/mol. The molecule has 29 heavy (non-hydrogen) atoms. The molecule has 1 heterocycles. The van der Waals surface area contributed by atoms with Gasteiger partial charge in [0.25, 0.3) is 0 Å². The van der Waals surface area contributed by atoms with Crippen LogP contribution in [-0.4, -0.2) is 44.6 Å². The number of rotatable bonds is 5. The van der Waals surface area contributed by atoms with Crippen molar-refractivity contribution in [3.8, 4) is 11.5 Å². The summed E-state index contributed by atoms with van der Waals surface area (Å²) in [4.78, 5) is 2.15. The van der Waals surface area contributed by atoms with E-state index >= 15 is 0 Å². The van der Waals surface area contributed by atoms with E-state index in [1.54, 1.807) is 24.3 Å². The second-order valence-corrected chi connectivity index (χ2v) is 6.17. The van der Waals surface area contributed by atoms with Crippen LogP contribution in [-0.2, 0) is 0 Å². The van der Waals surface area contributed by atoms with Crippen LogP contribution in [0.1, 0.15) is 17.2 Å². The van der Waals surface area contributed by atoms with Crippen molar-refractivity contribution in [3.63, 3.8) is 0 Å². The van der Waals surface area contributed by atoms with Gasteiger partial charge in [-0.1, -0.05) is 24.3 Å². The van der Waals surface area contributed by atoms with Gasteiger partial charge in [-0.05, 0) is 23.8 Å². The first kappa shape index (κ1) is 25.3. The molecular formula is C19H22Cl2F4N2O2. The molecule has 1 saturated heterocycles. The molecule has 0 saturated carbocycles. The number of methoxy groups -OCH3 is 1. The molecule has 1 fully saturated rings. The third kappa shape index (κ3) is 6.37. The number of alkyl halides is 3. The molecule has 1 aliphatic heterocycles. The van der Waals surface area contributed by atoms with Crippen LogP contribution in [0.3, 0.4) is 0 Å². The second kappa shape index (κ2) is 10.9. The van der Waals surface area contributed by atoms with Gasteiger partial charge in [0.2, 0.25) is 0 Å². The molecule has 2 aromatic carbocycles. The number of nitrogens with one attached hydrogen (secondary N) is 1. The maximum atomic E-state index is 14.2. The minimum Gasteiger partial charge on any atom is -0.493 e. The van der Waals surface area contributed by atoms with Gasteiger partial charge in [0.05, 0.1) is 13.2 Å². The van der Waals surface area contributed by atoms with Crippen molar-refractivity contribution in [1.82, 2.24) is 10.2 Å². The van der Waals surface area contributed by atoms with E-state index in [4.69, 9.17) is 4.74 Å². The third-order valence-electron chi connectivity index (χ3n) is 4.44. The standard InChI is InChI=1S/C19H20F4N2O2.2ClH/c1-26-18-15(3-2-4-16(18)20)17(25-11-9-24-10-12-25)13-5-7-14(8-6-13)27-19(21,22)23;;/h2-8,17,24H,9-12H2,1H3;2*1H/t17-;;/m0../s1. The van der Waals surface area contributed by atoms with Crippen molar-refractivity contribution in [2.45, 2.75) is 12.4 Å². The van der Waals surface area contributed by atoms with Gasteiger partial charge in [-0.25, -0.2) is 4.39 Å². The molecule has 0 spiro atoms. The Hall–Kier alpha value is -1.74. The van der Waals surface area contributed by atoms with E-state index in [1.807, 2.05) is 0 Å². The molecule has 10 heteroatoms. The highest BCUT2D eigenvalue weighted by Crippen LogP contribution is 2.37. The molecule has 0 radical (unpaired) electrons. The summed E-state index contributed by atoms with van der Waals surface area (Å²) in [5.41, 5.74) is 1.36. The third-order valence-corrected chi connectivity index (χ3v) is 4.44. The first-order chi connectivity index (χ1) is 12.9. The number of hydrogen-bond donors (Lipinski definition) is 1.